The Morgan fingerprint density at radius 1 is 1.36 bits per heavy atom. The minimum atomic E-state index is 0.156. The predicted molar refractivity (Wildman–Crippen MR) is 85.2 cm³/mol. The van der Waals surface area contributed by atoms with E-state index in [0.717, 1.165) is 37.4 Å². The van der Waals surface area contributed by atoms with Gasteiger partial charge in [0, 0.05) is 56.5 Å². The van der Waals surface area contributed by atoms with Crippen molar-refractivity contribution in [2.45, 2.75) is 50.6 Å². The monoisotopic (exact) mass is 305 g/mol. The number of carbonyl (C=O) groups excluding carboxylic acids is 1. The Bertz CT molecular complexity index is 471. The van der Waals surface area contributed by atoms with Gasteiger partial charge in [0.25, 0.3) is 0 Å². The number of imidazole rings is 1. The first-order valence-electron chi connectivity index (χ1n) is 8.46. The molecule has 6 nitrogen and oxygen atoms in total. The van der Waals surface area contributed by atoms with Gasteiger partial charge in [-0.05, 0) is 31.6 Å². The summed E-state index contributed by atoms with van der Waals surface area (Å²) < 4.78 is 0. The summed E-state index contributed by atoms with van der Waals surface area (Å²) in [6.07, 6.45) is 9.79. The average molecular weight is 305 g/mol. The first kappa shape index (κ1) is 15.5. The molecule has 1 amide bonds. The van der Waals surface area contributed by atoms with E-state index in [2.05, 4.69) is 20.2 Å². The van der Waals surface area contributed by atoms with Crippen molar-refractivity contribution in [2.24, 2.45) is 11.7 Å². The second-order valence-corrected chi connectivity index (χ2v) is 6.64. The number of aromatic amines is 1. The number of nitrogens with one attached hydrogen (secondary N) is 2. The third-order valence-corrected chi connectivity index (χ3v) is 4.90. The van der Waals surface area contributed by atoms with Gasteiger partial charge in [-0.15, -0.1) is 0 Å². The van der Waals surface area contributed by atoms with Crippen LogP contribution in [0.4, 0.5) is 0 Å². The number of likely N-dealkylation sites (tertiary alicyclic amines) is 1. The Morgan fingerprint density at radius 2 is 2.18 bits per heavy atom. The second-order valence-electron chi connectivity index (χ2n) is 6.64. The van der Waals surface area contributed by atoms with Crippen molar-refractivity contribution in [3.05, 3.63) is 18.2 Å². The lowest BCUT2D eigenvalue weighted by Gasteiger charge is -2.29. The maximum Gasteiger partial charge on any atom is 0.221 e. The maximum absolute atomic E-state index is 12.2. The molecule has 122 valence electrons. The molecule has 0 aromatic carbocycles. The Balaban J connectivity index is 1.43. The molecule has 1 saturated carbocycles. The number of amides is 1. The van der Waals surface area contributed by atoms with E-state index in [0.29, 0.717) is 31.6 Å². The van der Waals surface area contributed by atoms with Crippen LogP contribution in [0.3, 0.4) is 0 Å². The van der Waals surface area contributed by atoms with Crippen LogP contribution in [0.1, 0.15) is 37.8 Å². The van der Waals surface area contributed by atoms with Gasteiger partial charge in [0.2, 0.25) is 5.91 Å². The fourth-order valence-electron chi connectivity index (χ4n) is 3.43. The second kappa shape index (κ2) is 7.24. The topological polar surface area (TPSA) is 87.0 Å². The maximum atomic E-state index is 12.2. The standard InChI is InChI=1S/C16H27N5O/c17-8-15-4-3-14(21(15)10-12-1-2-12)7-16(22)19-6-5-13-9-18-11-20-13/h9,11-12,14-15H,1-8,10,17H2,(H,18,20)(H,19,22)/t14-,15+/m0/s1. The summed E-state index contributed by atoms with van der Waals surface area (Å²) in [6, 6.07) is 0.852. The Hall–Kier alpha value is -1.40. The normalized spacial score (nSPS) is 25.5. The summed E-state index contributed by atoms with van der Waals surface area (Å²) >= 11 is 0. The van der Waals surface area contributed by atoms with Crippen LogP contribution in [0.25, 0.3) is 0 Å². The molecule has 0 spiro atoms. The summed E-state index contributed by atoms with van der Waals surface area (Å²) in [6.45, 7) is 2.51. The van der Waals surface area contributed by atoms with E-state index in [1.54, 1.807) is 12.5 Å². The first-order chi connectivity index (χ1) is 10.8. The molecule has 6 heteroatoms. The van der Waals surface area contributed by atoms with Gasteiger partial charge in [-0.25, -0.2) is 4.98 Å². The minimum Gasteiger partial charge on any atom is -0.356 e. The lowest BCUT2D eigenvalue weighted by molar-refractivity contribution is -0.122. The molecule has 2 atom stereocenters. The molecule has 1 aliphatic carbocycles. The van der Waals surface area contributed by atoms with Crippen LogP contribution in [0.5, 0.6) is 0 Å². The zero-order chi connectivity index (χ0) is 15.4. The third-order valence-electron chi connectivity index (χ3n) is 4.90. The van der Waals surface area contributed by atoms with Gasteiger partial charge in [0.05, 0.1) is 6.33 Å². The van der Waals surface area contributed by atoms with Gasteiger partial charge < -0.3 is 16.0 Å². The van der Waals surface area contributed by atoms with Crippen molar-refractivity contribution in [2.75, 3.05) is 19.6 Å². The van der Waals surface area contributed by atoms with Crippen LogP contribution in [0, 0.1) is 5.92 Å². The van der Waals surface area contributed by atoms with Crippen LogP contribution in [-0.2, 0) is 11.2 Å². The Kier molecular flexibility index (Phi) is 5.10. The highest BCUT2D eigenvalue weighted by atomic mass is 16.1. The molecule has 1 aromatic rings. The largest absolute Gasteiger partial charge is 0.356 e. The Labute approximate surface area is 131 Å². The van der Waals surface area contributed by atoms with E-state index in [4.69, 9.17) is 5.73 Å². The van der Waals surface area contributed by atoms with E-state index in [1.165, 1.54) is 12.8 Å². The van der Waals surface area contributed by atoms with E-state index >= 15 is 0 Å². The quantitative estimate of drug-likeness (QED) is 0.658. The van der Waals surface area contributed by atoms with E-state index in [-0.39, 0.29) is 5.91 Å². The molecular weight excluding hydrogens is 278 g/mol. The highest BCUT2D eigenvalue weighted by molar-refractivity contribution is 5.76. The van der Waals surface area contributed by atoms with Gasteiger partial charge in [-0.1, -0.05) is 0 Å². The van der Waals surface area contributed by atoms with Crippen LogP contribution in [0.2, 0.25) is 0 Å². The Morgan fingerprint density at radius 3 is 2.86 bits per heavy atom. The van der Waals surface area contributed by atoms with Gasteiger partial charge >= 0.3 is 0 Å². The van der Waals surface area contributed by atoms with E-state index in [1.807, 2.05) is 0 Å². The molecule has 0 radical (unpaired) electrons. The number of hydrogen-bond acceptors (Lipinski definition) is 4. The molecule has 2 aliphatic rings. The molecule has 22 heavy (non-hydrogen) atoms. The molecule has 1 aromatic heterocycles. The molecule has 0 unspecified atom stereocenters. The number of nitrogens with zero attached hydrogens (tertiary/aromatic N) is 2. The minimum absolute atomic E-state index is 0.156. The number of H-pyrrole nitrogens is 1. The van der Waals surface area contributed by atoms with Crippen molar-refractivity contribution >= 4 is 5.91 Å². The highest BCUT2D eigenvalue weighted by Gasteiger charge is 2.37. The number of nitrogens with two attached hydrogens (primary N) is 1. The number of aromatic nitrogens is 2. The van der Waals surface area contributed by atoms with Crippen LogP contribution in [-0.4, -0.2) is 52.5 Å². The highest BCUT2D eigenvalue weighted by Crippen LogP contribution is 2.35. The van der Waals surface area contributed by atoms with E-state index < -0.39 is 0 Å². The lowest BCUT2D eigenvalue weighted by atomic mass is 10.1. The summed E-state index contributed by atoms with van der Waals surface area (Å²) in [5.74, 6) is 1.00. The first-order valence-corrected chi connectivity index (χ1v) is 8.46. The fraction of sp³-hybridized carbons (Fsp3) is 0.750. The molecule has 2 heterocycles. The van der Waals surface area contributed by atoms with Gasteiger partial charge in [0.1, 0.15) is 0 Å². The molecular formula is C16H27N5O. The van der Waals surface area contributed by atoms with Crippen molar-refractivity contribution in [3.63, 3.8) is 0 Å². The molecule has 2 fully saturated rings. The zero-order valence-electron chi connectivity index (χ0n) is 13.1. The van der Waals surface area contributed by atoms with Gasteiger partial charge in [-0.3, -0.25) is 9.69 Å². The van der Waals surface area contributed by atoms with Crippen LogP contribution < -0.4 is 11.1 Å². The molecule has 4 N–H and O–H groups in total. The molecule has 0 bridgehead atoms. The summed E-state index contributed by atoms with van der Waals surface area (Å²) in [5, 5.41) is 3.03. The molecule has 3 rings (SSSR count). The molecule has 1 aliphatic heterocycles. The summed E-state index contributed by atoms with van der Waals surface area (Å²) in [4.78, 5) is 21.7. The smallest absolute Gasteiger partial charge is 0.221 e. The zero-order valence-corrected chi connectivity index (χ0v) is 13.1. The number of rotatable bonds is 8. The average Bonchev–Trinajstić information content (AvgIpc) is 3.03. The van der Waals surface area contributed by atoms with Crippen molar-refractivity contribution in [3.8, 4) is 0 Å². The van der Waals surface area contributed by atoms with Crippen LogP contribution >= 0.6 is 0 Å². The summed E-state index contributed by atoms with van der Waals surface area (Å²) in [7, 11) is 0. The van der Waals surface area contributed by atoms with Crippen molar-refractivity contribution in [1.29, 1.82) is 0 Å². The predicted octanol–water partition coefficient (Wildman–Crippen LogP) is 0.660. The van der Waals surface area contributed by atoms with Crippen molar-refractivity contribution in [1.82, 2.24) is 20.2 Å². The van der Waals surface area contributed by atoms with E-state index in [9.17, 15) is 4.79 Å². The number of carbonyl (C=O) groups is 1. The summed E-state index contributed by atoms with van der Waals surface area (Å²) in [5.41, 5.74) is 6.95. The van der Waals surface area contributed by atoms with Gasteiger partial charge in [-0.2, -0.15) is 0 Å². The van der Waals surface area contributed by atoms with Crippen LogP contribution in [0.15, 0.2) is 12.5 Å². The van der Waals surface area contributed by atoms with Gasteiger partial charge in [0.15, 0.2) is 0 Å². The lowest BCUT2D eigenvalue weighted by Crippen LogP contribution is -2.43. The fourth-order valence-corrected chi connectivity index (χ4v) is 3.43. The van der Waals surface area contributed by atoms with Crippen molar-refractivity contribution < 1.29 is 4.79 Å². The number of hydrogen-bond donors (Lipinski definition) is 3. The molecule has 1 saturated heterocycles. The SMILES string of the molecule is NC[C@H]1CC[C@@H](CC(=O)NCCc2cnc[nH]2)N1CC1CC1. The third kappa shape index (κ3) is 4.08.